The molecular formula is C33H28N2O3. The molecule has 0 saturated carbocycles. The third kappa shape index (κ3) is 3.49. The molecule has 1 atom stereocenters. The van der Waals surface area contributed by atoms with Crippen LogP contribution in [0.25, 0.3) is 32.8 Å². The van der Waals surface area contributed by atoms with Crippen molar-refractivity contribution in [3.63, 3.8) is 0 Å². The van der Waals surface area contributed by atoms with E-state index in [-0.39, 0.29) is 17.1 Å². The van der Waals surface area contributed by atoms with Gasteiger partial charge in [0.1, 0.15) is 17.3 Å². The number of rotatable bonds is 3. The van der Waals surface area contributed by atoms with Gasteiger partial charge in [-0.2, -0.15) is 0 Å². The minimum Gasteiger partial charge on any atom is -0.494 e. The summed E-state index contributed by atoms with van der Waals surface area (Å²) in [6.45, 7) is 6.84. The van der Waals surface area contributed by atoms with Crippen LogP contribution in [-0.2, 0) is 4.79 Å². The van der Waals surface area contributed by atoms with Crippen LogP contribution >= 0.6 is 0 Å². The molecule has 0 fully saturated rings. The molecule has 0 saturated heterocycles. The molecule has 1 aliphatic carbocycles. The van der Waals surface area contributed by atoms with Gasteiger partial charge in [0.2, 0.25) is 0 Å². The van der Waals surface area contributed by atoms with Gasteiger partial charge >= 0.3 is 0 Å². The largest absolute Gasteiger partial charge is 0.494 e. The molecule has 0 spiro atoms. The zero-order valence-electron chi connectivity index (χ0n) is 21.7. The van der Waals surface area contributed by atoms with E-state index in [1.54, 1.807) is 0 Å². The number of hydrogen-bond acceptors (Lipinski definition) is 5. The fraction of sp³-hybridized carbons (Fsp3) is 0.242. The lowest BCUT2D eigenvalue weighted by Crippen LogP contribution is -2.33. The average Bonchev–Trinajstić information content (AvgIpc) is 2.91. The Kier molecular flexibility index (Phi) is 5.05. The van der Waals surface area contributed by atoms with E-state index in [0.717, 1.165) is 66.8 Å². The summed E-state index contributed by atoms with van der Waals surface area (Å²) in [5.74, 6) is 2.19. The Hall–Kier alpha value is -4.25. The molecule has 7 rings (SSSR count). The van der Waals surface area contributed by atoms with Crippen molar-refractivity contribution < 1.29 is 14.3 Å². The standard InChI is InChI=1S/C33H28N2O3/c1-4-37-20-15-13-19(14-16-20)27-28-25(36)17-33(2,3)18-26(28)38-32-22-10-6-5-9-21(22)30-31(29(27)32)35-24-12-8-7-11-23(24)34-30/h5-16,27H,4,17-18H2,1-3H3. The van der Waals surface area contributed by atoms with Crippen LogP contribution in [-0.4, -0.2) is 22.4 Å². The van der Waals surface area contributed by atoms with Crippen LogP contribution in [0.2, 0.25) is 0 Å². The molecule has 5 nitrogen and oxygen atoms in total. The highest BCUT2D eigenvalue weighted by Crippen LogP contribution is 2.54. The normalized spacial score (nSPS) is 18.4. The zero-order valence-corrected chi connectivity index (χ0v) is 21.7. The van der Waals surface area contributed by atoms with E-state index >= 15 is 0 Å². The van der Waals surface area contributed by atoms with E-state index in [1.165, 1.54) is 0 Å². The molecule has 0 bridgehead atoms. The molecule has 188 valence electrons. The van der Waals surface area contributed by atoms with Crippen molar-refractivity contribution in [2.75, 3.05) is 6.61 Å². The Morgan fingerprint density at radius 1 is 0.868 bits per heavy atom. The Bertz CT molecular complexity index is 1800. The Morgan fingerprint density at radius 2 is 1.53 bits per heavy atom. The lowest BCUT2D eigenvalue weighted by atomic mass is 9.69. The Labute approximate surface area is 221 Å². The number of fused-ring (bicyclic) bond motifs is 7. The summed E-state index contributed by atoms with van der Waals surface area (Å²) in [4.78, 5) is 24.1. The smallest absolute Gasteiger partial charge is 0.163 e. The van der Waals surface area contributed by atoms with Crippen LogP contribution < -0.4 is 9.47 Å². The van der Waals surface area contributed by atoms with Crippen molar-refractivity contribution >= 4 is 38.6 Å². The summed E-state index contributed by atoms with van der Waals surface area (Å²) in [7, 11) is 0. The molecule has 2 heterocycles. The van der Waals surface area contributed by atoms with Gasteiger partial charge in [0.25, 0.3) is 0 Å². The first kappa shape index (κ1) is 22.9. The number of benzene rings is 4. The second-order valence-electron chi connectivity index (χ2n) is 11.0. The molecule has 5 heteroatoms. The fourth-order valence-corrected chi connectivity index (χ4v) is 6.11. The maximum atomic E-state index is 13.8. The number of nitrogens with zero attached hydrogens (tertiary/aromatic N) is 2. The molecule has 0 amide bonds. The number of allylic oxidation sites excluding steroid dienone is 2. The molecule has 0 radical (unpaired) electrons. The minimum absolute atomic E-state index is 0.135. The van der Waals surface area contributed by atoms with Gasteiger partial charge in [-0.05, 0) is 42.2 Å². The summed E-state index contributed by atoms with van der Waals surface area (Å²) >= 11 is 0. The van der Waals surface area contributed by atoms with Crippen LogP contribution in [0.5, 0.6) is 11.5 Å². The van der Waals surface area contributed by atoms with Crippen molar-refractivity contribution in [3.8, 4) is 11.5 Å². The molecule has 0 N–H and O–H groups in total. The van der Waals surface area contributed by atoms with E-state index < -0.39 is 0 Å². The predicted octanol–water partition coefficient (Wildman–Crippen LogP) is 7.50. The van der Waals surface area contributed by atoms with Crippen LogP contribution in [0, 0.1) is 5.41 Å². The highest BCUT2D eigenvalue weighted by Gasteiger charge is 2.43. The number of carbonyl (C=O) groups excluding carboxylic acids is 1. The van der Waals surface area contributed by atoms with Crippen LogP contribution in [0.1, 0.15) is 50.7 Å². The van der Waals surface area contributed by atoms with E-state index in [9.17, 15) is 4.79 Å². The van der Waals surface area contributed by atoms with Gasteiger partial charge in [-0.25, -0.2) is 9.97 Å². The van der Waals surface area contributed by atoms with E-state index in [4.69, 9.17) is 19.4 Å². The van der Waals surface area contributed by atoms with Crippen molar-refractivity contribution in [2.24, 2.45) is 5.41 Å². The van der Waals surface area contributed by atoms with Gasteiger partial charge in [-0.3, -0.25) is 4.79 Å². The van der Waals surface area contributed by atoms with Gasteiger partial charge in [-0.1, -0.05) is 62.4 Å². The topological polar surface area (TPSA) is 61.3 Å². The molecule has 2 aliphatic rings. The van der Waals surface area contributed by atoms with E-state index in [0.29, 0.717) is 19.4 Å². The third-order valence-corrected chi connectivity index (χ3v) is 7.70. The fourth-order valence-electron chi connectivity index (χ4n) is 6.11. The highest BCUT2D eigenvalue weighted by molar-refractivity contribution is 6.12. The number of aromatic nitrogens is 2. The second kappa shape index (κ2) is 8.38. The molecule has 1 aromatic heterocycles. The van der Waals surface area contributed by atoms with Crippen LogP contribution in [0.3, 0.4) is 0 Å². The lowest BCUT2D eigenvalue weighted by molar-refractivity contribution is -0.118. The predicted molar refractivity (Wildman–Crippen MR) is 150 cm³/mol. The SMILES string of the molecule is CCOc1ccc(C2C3=C(CC(C)(C)CC3=O)Oc3c2c2nc4ccccc4nc2c2ccccc32)cc1. The summed E-state index contributed by atoms with van der Waals surface area (Å²) in [6, 6.07) is 24.2. The van der Waals surface area contributed by atoms with Gasteiger partial charge in [0.05, 0.1) is 28.7 Å². The molecule has 4 aromatic carbocycles. The van der Waals surface area contributed by atoms with Crippen molar-refractivity contribution in [1.82, 2.24) is 9.97 Å². The first-order valence-electron chi connectivity index (χ1n) is 13.2. The van der Waals surface area contributed by atoms with Gasteiger partial charge in [-0.15, -0.1) is 0 Å². The second-order valence-corrected chi connectivity index (χ2v) is 11.0. The minimum atomic E-state index is -0.310. The van der Waals surface area contributed by atoms with Crippen molar-refractivity contribution in [2.45, 2.75) is 39.5 Å². The first-order valence-corrected chi connectivity index (χ1v) is 13.2. The van der Waals surface area contributed by atoms with Crippen LogP contribution in [0.4, 0.5) is 0 Å². The van der Waals surface area contributed by atoms with Gasteiger partial charge in [0.15, 0.2) is 5.78 Å². The zero-order chi connectivity index (χ0) is 26.0. The van der Waals surface area contributed by atoms with Crippen molar-refractivity contribution in [1.29, 1.82) is 0 Å². The number of hydrogen-bond donors (Lipinski definition) is 0. The van der Waals surface area contributed by atoms with Gasteiger partial charge in [0, 0.05) is 40.7 Å². The average molecular weight is 501 g/mol. The molecule has 1 unspecified atom stereocenters. The number of ether oxygens (including phenoxy) is 2. The molecule has 5 aromatic rings. The van der Waals surface area contributed by atoms with Crippen molar-refractivity contribution in [3.05, 3.63) is 95.3 Å². The Balaban J connectivity index is 1.60. The summed E-state index contributed by atoms with van der Waals surface area (Å²) < 4.78 is 12.5. The number of carbonyl (C=O) groups is 1. The van der Waals surface area contributed by atoms with E-state index in [1.807, 2.05) is 55.5 Å². The summed E-state index contributed by atoms with van der Waals surface area (Å²) in [5, 5.41) is 1.98. The van der Waals surface area contributed by atoms with E-state index in [2.05, 4.69) is 38.1 Å². The maximum Gasteiger partial charge on any atom is 0.163 e. The van der Waals surface area contributed by atoms with Crippen LogP contribution in [0.15, 0.2) is 84.1 Å². The number of ketones is 1. The number of para-hydroxylation sites is 2. The maximum absolute atomic E-state index is 13.8. The number of Topliss-reactive ketones (excluding diaryl/α,β-unsaturated/α-hetero) is 1. The highest BCUT2D eigenvalue weighted by atomic mass is 16.5. The summed E-state index contributed by atoms with van der Waals surface area (Å²) in [5.41, 5.74) is 5.77. The molecule has 1 aliphatic heterocycles. The molecular weight excluding hydrogens is 472 g/mol. The lowest BCUT2D eigenvalue weighted by Gasteiger charge is -2.39. The Morgan fingerprint density at radius 3 is 2.24 bits per heavy atom. The first-order chi connectivity index (χ1) is 18.4. The quantitative estimate of drug-likeness (QED) is 0.190. The summed E-state index contributed by atoms with van der Waals surface area (Å²) in [6.07, 6.45) is 1.19. The van der Waals surface area contributed by atoms with Gasteiger partial charge < -0.3 is 9.47 Å². The molecule has 38 heavy (non-hydrogen) atoms. The third-order valence-electron chi connectivity index (χ3n) is 7.70. The monoisotopic (exact) mass is 500 g/mol.